The number of anilines is 2. The number of halogens is 1. The molecule has 2 aliphatic heterocycles. The third kappa shape index (κ3) is 5.92. The minimum Gasteiger partial charge on any atom is -0.326 e. The normalized spacial score (nSPS) is 16.8. The second kappa shape index (κ2) is 10.9. The predicted octanol–water partition coefficient (Wildman–Crippen LogP) is 4.89. The van der Waals surface area contributed by atoms with Crippen molar-refractivity contribution in [3.05, 3.63) is 41.4 Å². The van der Waals surface area contributed by atoms with Crippen molar-refractivity contribution in [2.75, 3.05) is 49.9 Å². The van der Waals surface area contributed by atoms with Crippen molar-refractivity contribution in [3.63, 3.8) is 0 Å². The summed E-state index contributed by atoms with van der Waals surface area (Å²) in [6, 6.07) is 11.2. The summed E-state index contributed by atoms with van der Waals surface area (Å²) in [6.45, 7) is 5.92. The average Bonchev–Trinajstić information content (AvgIpc) is 3.56. The minimum absolute atomic E-state index is 0.00191. The van der Waals surface area contributed by atoms with Gasteiger partial charge in [0.25, 0.3) is 0 Å². The Morgan fingerprint density at radius 3 is 1.60 bits per heavy atom. The zero-order valence-corrected chi connectivity index (χ0v) is 20.7. The number of carbonyl (C=O) groups excluding carboxylic acids is 2. The highest BCUT2D eigenvalue weighted by molar-refractivity contribution is 6.40. The molecule has 0 radical (unpaired) electrons. The third-order valence-corrected chi connectivity index (χ3v) is 7.39. The molecule has 0 aliphatic carbocycles. The van der Waals surface area contributed by atoms with Gasteiger partial charge >= 0.3 is 0 Å². The molecule has 2 amide bonds. The van der Waals surface area contributed by atoms with E-state index in [-0.39, 0.29) is 11.8 Å². The fraction of sp³-hybridized carbons (Fsp3) is 0.444. The Bertz CT molecular complexity index is 1140. The predicted molar refractivity (Wildman–Crippen MR) is 142 cm³/mol. The molecule has 8 heteroatoms. The molecule has 3 aromatic rings. The maximum Gasteiger partial charge on any atom is 0.225 e. The van der Waals surface area contributed by atoms with Crippen LogP contribution >= 0.6 is 11.6 Å². The van der Waals surface area contributed by atoms with Gasteiger partial charge in [0.1, 0.15) is 0 Å². The van der Waals surface area contributed by atoms with Crippen molar-refractivity contribution in [1.29, 1.82) is 0 Å². The van der Waals surface area contributed by atoms with E-state index in [2.05, 4.69) is 20.4 Å². The van der Waals surface area contributed by atoms with Crippen LogP contribution in [0.15, 0.2) is 36.4 Å². The van der Waals surface area contributed by atoms with Crippen molar-refractivity contribution < 1.29 is 9.59 Å². The molecular weight excluding hydrogens is 462 g/mol. The van der Waals surface area contributed by atoms with Gasteiger partial charge in [-0.15, -0.1) is 0 Å². The van der Waals surface area contributed by atoms with Crippen LogP contribution in [0.4, 0.5) is 11.4 Å². The molecule has 3 heterocycles. The molecule has 0 unspecified atom stereocenters. The van der Waals surface area contributed by atoms with E-state index in [4.69, 9.17) is 16.6 Å². The Labute approximate surface area is 210 Å². The van der Waals surface area contributed by atoms with Crippen LogP contribution < -0.4 is 10.6 Å². The van der Waals surface area contributed by atoms with Crippen LogP contribution in [0.5, 0.6) is 0 Å². The molecule has 2 fully saturated rings. The van der Waals surface area contributed by atoms with Crippen LogP contribution in [-0.2, 0) is 9.59 Å². The first kappa shape index (κ1) is 24.0. The first-order valence-corrected chi connectivity index (χ1v) is 13.0. The highest BCUT2D eigenvalue weighted by Gasteiger charge is 2.15. The number of amides is 2. The lowest BCUT2D eigenvalue weighted by Gasteiger charge is -2.14. The van der Waals surface area contributed by atoms with Crippen molar-refractivity contribution in [3.8, 4) is 0 Å². The number of nitrogens with zero attached hydrogens (tertiary/aromatic N) is 3. The van der Waals surface area contributed by atoms with Gasteiger partial charge in [-0.05, 0) is 88.3 Å². The smallest absolute Gasteiger partial charge is 0.225 e. The second-order valence-corrected chi connectivity index (χ2v) is 9.96. The number of hydrogen-bond acceptors (Lipinski definition) is 5. The molecule has 1 aromatic heterocycles. The van der Waals surface area contributed by atoms with Gasteiger partial charge in [0.15, 0.2) is 0 Å². The quantitative estimate of drug-likeness (QED) is 0.437. The largest absolute Gasteiger partial charge is 0.326 e. The lowest BCUT2D eigenvalue weighted by molar-refractivity contribution is -0.117. The Morgan fingerprint density at radius 1 is 0.743 bits per heavy atom. The summed E-state index contributed by atoms with van der Waals surface area (Å²) in [6.07, 6.45) is 5.83. The van der Waals surface area contributed by atoms with Gasteiger partial charge in [-0.3, -0.25) is 9.59 Å². The molecule has 0 bridgehead atoms. The minimum atomic E-state index is 0.00191. The van der Waals surface area contributed by atoms with Gasteiger partial charge in [0.2, 0.25) is 11.8 Å². The monoisotopic (exact) mass is 493 g/mol. The molecular formula is C27H32ClN5O2. The van der Waals surface area contributed by atoms with E-state index in [0.29, 0.717) is 40.3 Å². The van der Waals surface area contributed by atoms with Crippen LogP contribution in [0.2, 0.25) is 5.02 Å². The van der Waals surface area contributed by atoms with Gasteiger partial charge in [-0.25, -0.2) is 4.98 Å². The first-order valence-electron chi connectivity index (χ1n) is 12.6. The van der Waals surface area contributed by atoms with Crippen molar-refractivity contribution in [2.24, 2.45) is 0 Å². The van der Waals surface area contributed by atoms with Gasteiger partial charge in [0.05, 0.1) is 16.1 Å². The number of fused-ring (bicyclic) bond motifs is 2. The van der Waals surface area contributed by atoms with E-state index in [1.54, 1.807) is 0 Å². The number of carbonyl (C=O) groups is 2. The van der Waals surface area contributed by atoms with E-state index in [1.165, 1.54) is 25.7 Å². The number of aromatic nitrogens is 1. The highest BCUT2D eigenvalue weighted by atomic mass is 35.5. The number of nitrogens with one attached hydrogen (secondary N) is 2. The molecule has 5 rings (SSSR count). The van der Waals surface area contributed by atoms with Gasteiger partial charge in [0, 0.05) is 48.1 Å². The van der Waals surface area contributed by atoms with Gasteiger partial charge in [-0.2, -0.15) is 0 Å². The lowest BCUT2D eigenvalue weighted by atomic mass is 10.1. The maximum atomic E-state index is 12.4. The molecule has 2 N–H and O–H groups in total. The van der Waals surface area contributed by atoms with E-state index in [0.717, 1.165) is 50.0 Å². The molecule has 0 saturated carbocycles. The molecule has 2 saturated heterocycles. The van der Waals surface area contributed by atoms with Crippen LogP contribution in [-0.4, -0.2) is 65.9 Å². The summed E-state index contributed by atoms with van der Waals surface area (Å²) in [5.74, 6) is 0.00382. The summed E-state index contributed by atoms with van der Waals surface area (Å²) in [4.78, 5) is 34.3. The van der Waals surface area contributed by atoms with E-state index >= 15 is 0 Å². The molecule has 7 nitrogen and oxygen atoms in total. The fourth-order valence-corrected chi connectivity index (χ4v) is 5.35. The molecule has 2 aromatic carbocycles. The number of pyridine rings is 1. The Balaban J connectivity index is 1.28. The number of likely N-dealkylation sites (tertiary alicyclic amines) is 2. The molecule has 0 atom stereocenters. The Hall–Kier alpha value is -2.74. The second-order valence-electron chi connectivity index (χ2n) is 9.58. The van der Waals surface area contributed by atoms with Crippen molar-refractivity contribution >= 4 is 56.6 Å². The highest BCUT2D eigenvalue weighted by Crippen LogP contribution is 2.33. The van der Waals surface area contributed by atoms with E-state index in [1.807, 2.05) is 36.4 Å². The van der Waals surface area contributed by atoms with Crippen molar-refractivity contribution in [1.82, 2.24) is 14.8 Å². The van der Waals surface area contributed by atoms with E-state index in [9.17, 15) is 9.59 Å². The van der Waals surface area contributed by atoms with E-state index < -0.39 is 0 Å². The maximum absolute atomic E-state index is 12.4. The molecule has 35 heavy (non-hydrogen) atoms. The van der Waals surface area contributed by atoms with Gasteiger partial charge < -0.3 is 20.4 Å². The van der Waals surface area contributed by atoms with Crippen LogP contribution in [0.1, 0.15) is 38.5 Å². The number of benzene rings is 2. The Kier molecular flexibility index (Phi) is 7.46. The zero-order valence-electron chi connectivity index (χ0n) is 20.0. The average molecular weight is 494 g/mol. The summed E-state index contributed by atoms with van der Waals surface area (Å²) < 4.78 is 0. The van der Waals surface area contributed by atoms with Crippen LogP contribution in [0.25, 0.3) is 21.8 Å². The summed E-state index contributed by atoms with van der Waals surface area (Å²) in [5.41, 5.74) is 2.83. The SMILES string of the molecule is O=C(CCN1CCCC1)Nc1ccc2c(Cl)c3ccc(NC(=O)CCN4CCCC4)cc3nc2c1. The molecule has 2 aliphatic rings. The lowest BCUT2D eigenvalue weighted by Crippen LogP contribution is -2.25. The summed E-state index contributed by atoms with van der Waals surface area (Å²) in [5, 5.41) is 8.26. The first-order chi connectivity index (χ1) is 17.0. The topological polar surface area (TPSA) is 77.6 Å². The van der Waals surface area contributed by atoms with Gasteiger partial charge in [-0.1, -0.05) is 11.6 Å². The van der Waals surface area contributed by atoms with Crippen LogP contribution in [0, 0.1) is 0 Å². The number of hydrogen-bond donors (Lipinski definition) is 2. The Morgan fingerprint density at radius 2 is 1.17 bits per heavy atom. The standard InChI is InChI=1S/C27H32ClN5O2/c28-27-21-7-5-19(29-25(34)9-15-32-11-1-2-12-32)17-23(21)31-24-18-20(6-8-22(24)27)30-26(35)10-16-33-13-3-4-14-33/h5-8,17-18H,1-4,9-16H2,(H,29,34)(H,30,35). The number of rotatable bonds is 8. The van der Waals surface area contributed by atoms with Crippen molar-refractivity contribution in [2.45, 2.75) is 38.5 Å². The zero-order chi connectivity index (χ0) is 24.2. The fourth-order valence-electron chi connectivity index (χ4n) is 5.03. The third-order valence-electron chi connectivity index (χ3n) is 6.98. The summed E-state index contributed by atoms with van der Waals surface area (Å²) >= 11 is 6.71. The molecule has 184 valence electrons. The molecule has 0 spiro atoms. The summed E-state index contributed by atoms with van der Waals surface area (Å²) in [7, 11) is 0. The van der Waals surface area contributed by atoms with Crippen LogP contribution in [0.3, 0.4) is 0 Å².